The van der Waals surface area contributed by atoms with E-state index in [-0.39, 0.29) is 102 Å². The van der Waals surface area contributed by atoms with Crippen LogP contribution in [0.2, 0.25) is 0 Å². The van der Waals surface area contributed by atoms with E-state index in [2.05, 4.69) is 17.0 Å². The van der Waals surface area contributed by atoms with E-state index >= 15 is 52.7 Å². The Bertz CT molecular complexity index is 8110. The fourth-order valence-corrected chi connectivity index (χ4v) is 18.0. The Balaban J connectivity index is 0.000000171. The number of hydrogen-bond donors (Lipinski definition) is 0. The van der Waals surface area contributed by atoms with Crippen molar-refractivity contribution in [2.75, 3.05) is 0 Å². The Kier molecular flexibility index (Phi) is 22.8. The number of nitriles is 2. The number of rotatable bonds is 15. The van der Waals surface area contributed by atoms with Crippen molar-refractivity contribution in [1.29, 1.82) is 10.5 Å². The zero-order valence-corrected chi connectivity index (χ0v) is 72.0. The van der Waals surface area contributed by atoms with Crippen LogP contribution in [0, 0.1) is 29.2 Å². The molecular weight excluding hydrogens is 1760 g/mol. The third kappa shape index (κ3) is 16.7. The van der Waals surface area contributed by atoms with Crippen LogP contribution < -0.4 is 0 Å². The van der Waals surface area contributed by atoms with Crippen molar-refractivity contribution < 1.29 is 52.7 Å². The van der Waals surface area contributed by atoms with Crippen molar-refractivity contribution in [3.05, 3.63) is 439 Å². The van der Waals surface area contributed by atoms with Gasteiger partial charge in [0.1, 0.15) is 0 Å². The quantitative estimate of drug-likeness (QED) is 0.0730. The summed E-state index contributed by atoms with van der Waals surface area (Å²) in [6.45, 7) is 7.95. The number of alkyl halides is 12. The van der Waals surface area contributed by atoms with Crippen LogP contribution in [0.3, 0.4) is 0 Å². The molecule has 23 heteroatoms. The molecule has 138 heavy (non-hydrogen) atoms. The van der Waals surface area contributed by atoms with E-state index in [0.29, 0.717) is 116 Å². The molecule has 11 nitrogen and oxygen atoms in total. The summed E-state index contributed by atoms with van der Waals surface area (Å²) in [4.78, 5) is 32.8. The van der Waals surface area contributed by atoms with E-state index < -0.39 is 47.0 Å². The van der Waals surface area contributed by atoms with Gasteiger partial charge in [0.25, 0.3) is 0 Å². The molecule has 0 spiro atoms. The normalized spacial score (nSPS) is 11.7. The first kappa shape index (κ1) is 87.9. The van der Waals surface area contributed by atoms with Gasteiger partial charge in [0, 0.05) is 77.2 Å². The number of nitrogens with zero attached hydrogens (tertiary/aromatic N) is 11. The van der Waals surface area contributed by atoms with Crippen LogP contribution in [-0.2, 0) is 24.7 Å². The van der Waals surface area contributed by atoms with Crippen molar-refractivity contribution in [1.82, 2.24) is 39.0 Å². The minimum atomic E-state index is -4.92. The Hall–Kier alpha value is -18.0. The molecule has 664 valence electrons. The fourth-order valence-electron chi connectivity index (χ4n) is 18.0. The molecule has 0 saturated carbocycles. The Morgan fingerprint density at radius 1 is 0.217 bits per heavy atom. The number of para-hydroxylation sites is 2. The van der Waals surface area contributed by atoms with Gasteiger partial charge in [0.2, 0.25) is 0 Å². The van der Waals surface area contributed by atoms with Crippen molar-refractivity contribution in [3.8, 4) is 170 Å². The first-order chi connectivity index (χ1) is 66.9. The molecule has 0 aliphatic carbocycles. The predicted octanol–water partition coefficient (Wildman–Crippen LogP) is 32.0. The van der Waals surface area contributed by atoms with E-state index in [9.17, 15) is 10.5 Å². The maximum atomic E-state index is 15.6. The molecule has 0 radical (unpaired) electrons. The molecule has 0 N–H and O–H groups in total. The van der Waals surface area contributed by atoms with Crippen molar-refractivity contribution in [2.45, 2.75) is 24.7 Å². The maximum absolute atomic E-state index is 15.6. The van der Waals surface area contributed by atoms with Gasteiger partial charge in [0.15, 0.2) is 40.6 Å². The van der Waals surface area contributed by atoms with Gasteiger partial charge >= 0.3 is 24.7 Å². The van der Waals surface area contributed by atoms with E-state index in [4.69, 9.17) is 36.5 Å². The monoisotopic (exact) mass is 1830 g/mol. The minimum absolute atomic E-state index is 0.00173. The topological polar surface area (TPSA) is 139 Å². The molecule has 0 bridgehead atoms. The highest BCUT2D eigenvalue weighted by molar-refractivity contribution is 6.15. The molecule has 21 rings (SSSR count). The van der Waals surface area contributed by atoms with Crippen LogP contribution in [0.5, 0.6) is 0 Å². The maximum Gasteiger partial charge on any atom is 0.417 e. The summed E-state index contributed by atoms with van der Waals surface area (Å²) in [6, 6.07) is 112. The zero-order valence-electron chi connectivity index (χ0n) is 72.0. The van der Waals surface area contributed by atoms with Gasteiger partial charge in [0.05, 0.1) is 85.5 Å². The summed E-state index contributed by atoms with van der Waals surface area (Å²) in [5, 5.41) is 22.7. The van der Waals surface area contributed by atoms with Crippen molar-refractivity contribution in [3.63, 3.8) is 0 Å². The predicted molar refractivity (Wildman–Crippen MR) is 515 cm³/mol. The van der Waals surface area contributed by atoms with Crippen LogP contribution in [-0.4, -0.2) is 39.0 Å². The average Bonchev–Trinajstić information content (AvgIpc) is 1.52. The molecule has 4 aromatic heterocycles. The zero-order chi connectivity index (χ0) is 95.3. The summed E-state index contributed by atoms with van der Waals surface area (Å²) >= 11 is 0. The van der Waals surface area contributed by atoms with Crippen molar-refractivity contribution >= 4 is 49.3 Å². The Morgan fingerprint density at radius 2 is 0.457 bits per heavy atom. The third-order valence-corrected chi connectivity index (χ3v) is 24.2. The largest absolute Gasteiger partial charge is 0.417 e. The summed E-state index contributed by atoms with van der Waals surface area (Å²) in [7, 11) is 0. The van der Waals surface area contributed by atoms with Gasteiger partial charge < -0.3 is 9.13 Å². The number of benzene rings is 17. The van der Waals surface area contributed by atoms with Gasteiger partial charge in [-0.05, 0) is 159 Å². The lowest BCUT2D eigenvalue weighted by atomic mass is 9.88. The second kappa shape index (κ2) is 35.8. The van der Waals surface area contributed by atoms with E-state index in [1.165, 1.54) is 97.1 Å². The highest BCUT2D eigenvalue weighted by atomic mass is 19.4. The lowest BCUT2D eigenvalue weighted by Gasteiger charge is -2.24. The van der Waals surface area contributed by atoms with Crippen LogP contribution in [0.4, 0.5) is 58.4 Å². The molecule has 0 aliphatic heterocycles. The summed E-state index contributed by atoms with van der Waals surface area (Å²) in [5.74, 6) is 1.00. The van der Waals surface area contributed by atoms with Gasteiger partial charge in [-0.1, -0.05) is 291 Å². The molecule has 0 amide bonds. The van der Waals surface area contributed by atoms with Gasteiger partial charge in [-0.3, -0.25) is 0 Å². The Morgan fingerprint density at radius 3 is 0.761 bits per heavy atom. The van der Waals surface area contributed by atoms with Crippen LogP contribution in [0.15, 0.2) is 394 Å². The fraction of sp³-hybridized carbons (Fsp3) is 0.0348. The van der Waals surface area contributed by atoms with Crippen LogP contribution in [0.25, 0.3) is 206 Å². The molecule has 0 saturated heterocycles. The summed E-state index contributed by atoms with van der Waals surface area (Å²) in [5.41, 5.74) is 4.46. The second-order valence-electron chi connectivity index (χ2n) is 32.4. The first-order valence-corrected chi connectivity index (χ1v) is 43.2. The van der Waals surface area contributed by atoms with Gasteiger partial charge in [-0.15, -0.1) is 0 Å². The van der Waals surface area contributed by atoms with Crippen LogP contribution >= 0.6 is 0 Å². The first-order valence-electron chi connectivity index (χ1n) is 43.2. The smallest absolute Gasteiger partial charge is 0.308 e. The van der Waals surface area contributed by atoms with Gasteiger partial charge in [-0.25, -0.2) is 34.7 Å². The number of hydrogen-bond acceptors (Lipinski definition) is 8. The lowest BCUT2D eigenvalue weighted by molar-refractivity contribution is -0.137. The molecule has 21 aromatic rings. The number of aromatic nitrogens is 8. The van der Waals surface area contributed by atoms with Gasteiger partial charge in [-0.2, -0.15) is 63.2 Å². The number of fused-ring (bicyclic) bond motifs is 6. The molecule has 17 aromatic carbocycles. The highest BCUT2D eigenvalue weighted by Gasteiger charge is 2.41. The molecular formula is C115H65F12N11. The molecule has 0 aliphatic rings. The molecule has 0 atom stereocenters. The van der Waals surface area contributed by atoms with E-state index in [1.54, 1.807) is 179 Å². The Labute approximate surface area is 780 Å². The minimum Gasteiger partial charge on any atom is -0.308 e. The molecule has 4 heterocycles. The highest BCUT2D eigenvalue weighted by Crippen LogP contribution is 2.54. The lowest BCUT2D eigenvalue weighted by Crippen LogP contribution is -2.11. The molecule has 0 fully saturated rings. The SMILES string of the molecule is N#Cc1ccccc1-c1ccc2c(c1)c1ccccc1n2-c1c(-c2ccccc2C(F)(F)F)cc(-c2nc(-c3ccccc3)nc(-c3ccccc3)n2)cc1-c1ccccc1C(F)(F)F.[C-]#[N+]c1ccccc1-c1ccc2c(c1)c1cc(-c3ccccc3C#N)ccc1n2-c1c(-c2ccccc2C(F)(F)F)cc(-c2nc(-c3ccccc3)nc(-c3ccccc3)n2)cc1-c1ccccc1C(F)(F)F. The molecule has 0 unspecified atom stereocenters. The summed E-state index contributed by atoms with van der Waals surface area (Å²) < 4.78 is 189. The standard InChI is InChI=1S/C61H34F6N6.C54H31F6N5/c1-69-53-27-15-12-22-44(53)40-29-31-55-48(33-40)47-32-39(43-21-9-8-20-41(43)36-68)28-30-54(47)73(55)56-49(45-23-10-13-25-51(45)60(62,63)64)34-42(35-50(56)46-24-11-14-26-52(46)61(65,66)67)59-71-57(37-16-4-2-5-17-37)70-58(72-59)38-18-6-3-7-19-38;55-53(56,57)45-24-12-9-21-39(45)43-30-37(52-63-50(33-15-3-1-4-16-33)62-51(64-52)34-17-5-2-6-18-34)31-44(40-22-10-13-25-46(40)54(58,59)60)49(43)65-47-26-14-11-23-41(47)42-29-35(27-28-48(42)65)38-20-8-7-19-36(38)32-61/h2-35H;1-31H. The number of halogens is 12. The summed E-state index contributed by atoms with van der Waals surface area (Å²) in [6.07, 6.45) is -19.6. The van der Waals surface area contributed by atoms with E-state index in [1.807, 2.05) is 103 Å². The van der Waals surface area contributed by atoms with E-state index in [0.717, 1.165) is 24.3 Å². The third-order valence-electron chi connectivity index (χ3n) is 24.2. The second-order valence-corrected chi connectivity index (χ2v) is 32.4. The average molecular weight is 1830 g/mol. The van der Waals surface area contributed by atoms with Crippen molar-refractivity contribution in [2.24, 2.45) is 0 Å². The van der Waals surface area contributed by atoms with Crippen LogP contribution in [0.1, 0.15) is 33.4 Å².